The van der Waals surface area contributed by atoms with E-state index in [9.17, 15) is 0 Å². The van der Waals surface area contributed by atoms with E-state index in [-0.39, 0.29) is 43.3 Å². The first-order chi connectivity index (χ1) is 69.2. The Morgan fingerprint density at radius 3 is 0.905 bits per heavy atom. The number of hydrogen-bond donors (Lipinski definition) is 0. The molecule has 0 saturated carbocycles. The number of benzene rings is 14. The lowest BCUT2D eigenvalue weighted by Crippen LogP contribution is -2.18. The monoisotopic (exact) mass is 1960 g/mol. The topological polar surface area (TPSA) is 0 Å². The molecule has 0 saturated heterocycles. The summed E-state index contributed by atoms with van der Waals surface area (Å²) >= 11 is 0. The zero-order valence-corrected chi connectivity index (χ0v) is 99.8. The summed E-state index contributed by atoms with van der Waals surface area (Å²) < 4.78 is 0. The first-order valence-corrected chi connectivity index (χ1v) is 57.1. The van der Waals surface area contributed by atoms with Crippen LogP contribution in [0.15, 0.2) is 255 Å². The van der Waals surface area contributed by atoms with Crippen molar-refractivity contribution in [3.05, 3.63) is 411 Å². The molecule has 0 spiro atoms. The van der Waals surface area contributed by atoms with E-state index in [4.69, 9.17) is 0 Å². The highest BCUT2D eigenvalue weighted by molar-refractivity contribution is 5.91. The van der Waals surface area contributed by atoms with Gasteiger partial charge in [-0.15, -0.1) is 0 Å². The van der Waals surface area contributed by atoms with Crippen LogP contribution < -0.4 is 0 Å². The van der Waals surface area contributed by atoms with Gasteiger partial charge in [0.25, 0.3) is 0 Å². The van der Waals surface area contributed by atoms with E-state index in [1.54, 1.807) is 16.7 Å². The summed E-state index contributed by atoms with van der Waals surface area (Å²) in [6, 6.07) is 97.1. The molecule has 14 aromatic rings. The van der Waals surface area contributed by atoms with Gasteiger partial charge in [0.2, 0.25) is 0 Å². The van der Waals surface area contributed by atoms with E-state index in [2.05, 4.69) is 553 Å². The van der Waals surface area contributed by atoms with Crippen LogP contribution in [0.3, 0.4) is 0 Å². The fraction of sp³-hybridized carbons (Fsp3) is 0.432. The van der Waals surface area contributed by atoms with Crippen LogP contribution in [-0.2, 0) is 43.3 Å². The van der Waals surface area contributed by atoms with E-state index in [1.165, 1.54) is 217 Å². The Bertz CT molecular complexity index is 7270. The Hall–Kier alpha value is -10.9. The first-order valence-electron chi connectivity index (χ1n) is 57.1. The molecule has 7 aliphatic rings. The Kier molecular flexibility index (Phi) is 31.3. The molecular weight excluding hydrogens is 1780 g/mol. The second-order valence-corrected chi connectivity index (χ2v) is 53.6. The Balaban J connectivity index is 0.000000129. The smallest absolute Gasteiger partial charge is 0.0161 e. The van der Waals surface area contributed by atoms with Crippen LogP contribution in [0.2, 0.25) is 0 Å². The summed E-state index contributed by atoms with van der Waals surface area (Å²) in [6.45, 7) is 99.7. The average Bonchev–Trinajstić information content (AvgIpc) is 1.56. The fourth-order valence-electron chi connectivity index (χ4n) is 26.4. The largest absolute Gasteiger partial charge is 0.0619 e. The van der Waals surface area contributed by atoms with Crippen LogP contribution in [0.5, 0.6) is 0 Å². The van der Waals surface area contributed by atoms with Crippen LogP contribution >= 0.6 is 0 Å². The van der Waals surface area contributed by atoms with E-state index < -0.39 is 0 Å². The summed E-state index contributed by atoms with van der Waals surface area (Å²) in [4.78, 5) is 0. The zero-order chi connectivity index (χ0) is 108. The summed E-state index contributed by atoms with van der Waals surface area (Å²) in [6.07, 6.45) is 0. The molecule has 7 aliphatic carbocycles. The molecule has 0 nitrogen and oxygen atoms in total. The molecule has 0 atom stereocenters. The quantitative estimate of drug-likeness (QED) is 0.108. The molecule has 0 bridgehead atoms. The Morgan fingerprint density at radius 2 is 0.439 bits per heavy atom. The van der Waals surface area contributed by atoms with Crippen LogP contribution in [0.1, 0.15) is 530 Å². The minimum absolute atomic E-state index is 0.108. The second-order valence-electron chi connectivity index (χ2n) is 53.6. The van der Waals surface area contributed by atoms with E-state index in [0.29, 0.717) is 76.9 Å². The van der Waals surface area contributed by atoms with Gasteiger partial charge in [0.15, 0.2) is 0 Å². The Labute approximate surface area is 900 Å². The van der Waals surface area contributed by atoms with E-state index in [0.717, 1.165) is 0 Å². The number of rotatable bonds is 13. The molecule has 0 unspecified atom stereocenters. The third kappa shape index (κ3) is 19.9. The van der Waals surface area contributed by atoms with Crippen molar-refractivity contribution in [2.75, 3.05) is 0 Å². The predicted molar refractivity (Wildman–Crippen MR) is 650 cm³/mol. The van der Waals surface area contributed by atoms with Gasteiger partial charge in [0.05, 0.1) is 0 Å². The molecule has 0 N–H and O–H groups in total. The third-order valence-electron chi connectivity index (χ3n) is 35.4. The molecule has 0 heteroatoms. The molecule has 0 radical (unpaired) electrons. The fourth-order valence-corrected chi connectivity index (χ4v) is 26.4. The lowest BCUT2D eigenvalue weighted by Gasteiger charge is -2.27. The molecule has 14 aromatic carbocycles. The molecule has 776 valence electrons. The minimum atomic E-state index is 0.108. The molecule has 0 aromatic heterocycles. The third-order valence-corrected chi connectivity index (χ3v) is 35.4. The molecule has 0 amide bonds. The molecule has 21 rings (SSSR count). The van der Waals surface area contributed by atoms with Gasteiger partial charge in [-0.1, -0.05) is 553 Å². The number of fused-ring (bicyclic) bond motifs is 21. The predicted octanol–water partition coefficient (Wildman–Crippen LogP) is 43.9. The van der Waals surface area contributed by atoms with Gasteiger partial charge >= 0.3 is 0 Å². The lowest BCUT2D eigenvalue weighted by molar-refractivity contribution is 0.589. The normalized spacial score (nSPS) is 15.5. The van der Waals surface area contributed by atoms with Crippen LogP contribution in [0, 0.1) is 0 Å². The van der Waals surface area contributed by atoms with Gasteiger partial charge in [0, 0.05) is 37.9 Å². The zero-order valence-electron chi connectivity index (χ0n) is 99.8. The highest BCUT2D eigenvalue weighted by atomic mass is 14.5. The summed E-state index contributed by atoms with van der Waals surface area (Å²) in [5, 5.41) is 0. The second kappa shape index (κ2) is 41.7. The standard InChI is InChI=1S/C22H28.6C21H26/c1-14(2)15-8-10-19-17(12-15)18-13-16(21(3,4)5)9-11-20(18)22(19,6)7;1-13(2)15-9-8-12-18-19(15)17-11-7-10-16(14(3)4)20(17)21(18,5)6;1-13(2)15-8-10-19-18(11-15)17-9-7-16(14(3)4)12-20(17)21(19,5)6;1-13(2)15-10-11-19-18(12-15)17-9-7-8-16(14(3)4)20(17)21(19,5)6;1-13(2)15-11-17(14(3)4)20-16-9-7-8-10-18(16)21(5,6)19(20)12-15;1-13(2)15-11-12-16(14(3)4)20-19(15)17-9-7-8-10-18(17)21(20,5)6;1-13(2)15-11-12-18-20(19(15)14(3)4)16-9-7-8-10-17(16)21(18,5)6/h8-14H,1-7H3;6*7-14H,1-6H3. The summed E-state index contributed by atoms with van der Waals surface area (Å²) in [5.74, 6) is 7.39. The highest BCUT2D eigenvalue weighted by Crippen LogP contribution is 2.61. The number of hydrogen-bond acceptors (Lipinski definition) is 0. The maximum atomic E-state index is 2.45. The van der Waals surface area contributed by atoms with E-state index in [1.807, 2.05) is 0 Å². The van der Waals surface area contributed by atoms with Gasteiger partial charge < -0.3 is 0 Å². The summed E-state index contributed by atoms with van der Waals surface area (Å²) in [7, 11) is 0. The SMILES string of the molecule is CC(C)c1cc(C(C)C)c2c(c1)C(C)(C)c1ccccc1-2.CC(C)c1ccc(C(C)C)c2c1-c1ccccc1C2(C)C.CC(C)c1ccc2c(c1)-c1cc(C(C)(C)C)ccc1C2(C)C.CC(C)c1ccc2c(c1)-c1ccc(C(C)C)cc1C2(C)C.CC(C)c1ccc2c(c1)-c1cccc(C(C)C)c1C2(C)C.CC(C)c1ccc2c(c1C(C)C)-c1ccccc1C2(C)C.CC(C)c1cccc2c1-c1cccc(C(C)C)c1C2(C)C. The van der Waals surface area contributed by atoms with Gasteiger partial charge in [0.1, 0.15) is 0 Å². The molecular formula is C148H184. The minimum Gasteiger partial charge on any atom is -0.0619 e. The van der Waals surface area contributed by atoms with Crippen molar-refractivity contribution in [2.24, 2.45) is 0 Å². The average molecular weight is 1960 g/mol. The van der Waals surface area contributed by atoms with Crippen molar-refractivity contribution in [3.63, 3.8) is 0 Å². The van der Waals surface area contributed by atoms with Crippen molar-refractivity contribution < 1.29 is 0 Å². The van der Waals surface area contributed by atoms with Crippen LogP contribution in [0.25, 0.3) is 77.9 Å². The molecule has 148 heavy (non-hydrogen) atoms. The van der Waals surface area contributed by atoms with Crippen molar-refractivity contribution in [1.82, 2.24) is 0 Å². The van der Waals surface area contributed by atoms with Gasteiger partial charge in [-0.25, -0.2) is 0 Å². The van der Waals surface area contributed by atoms with Crippen molar-refractivity contribution in [3.8, 4) is 77.9 Å². The van der Waals surface area contributed by atoms with Crippen LogP contribution in [-0.4, -0.2) is 0 Å². The Morgan fingerprint density at radius 1 is 0.155 bits per heavy atom. The summed E-state index contributed by atoms with van der Waals surface area (Å²) in [5.41, 5.74) is 63.1. The highest BCUT2D eigenvalue weighted by Gasteiger charge is 2.46. The maximum absolute atomic E-state index is 2.45. The van der Waals surface area contributed by atoms with Gasteiger partial charge in [-0.05, 0) is 316 Å². The molecule has 0 fully saturated rings. The van der Waals surface area contributed by atoms with Crippen LogP contribution in [0.4, 0.5) is 0 Å². The molecule has 0 aliphatic heterocycles. The van der Waals surface area contributed by atoms with Crippen molar-refractivity contribution in [2.45, 2.75) is 418 Å². The first kappa shape index (κ1) is 111. The van der Waals surface area contributed by atoms with Gasteiger partial charge in [-0.3, -0.25) is 0 Å². The molecule has 0 heterocycles. The van der Waals surface area contributed by atoms with Crippen molar-refractivity contribution >= 4 is 0 Å². The van der Waals surface area contributed by atoms with Gasteiger partial charge in [-0.2, -0.15) is 0 Å². The maximum Gasteiger partial charge on any atom is 0.0161 e. The van der Waals surface area contributed by atoms with E-state index >= 15 is 0 Å². The van der Waals surface area contributed by atoms with Crippen molar-refractivity contribution in [1.29, 1.82) is 0 Å². The lowest BCUT2D eigenvalue weighted by atomic mass is 9.77.